The Bertz CT molecular complexity index is 352. The first kappa shape index (κ1) is 12.4. The van der Waals surface area contributed by atoms with Gasteiger partial charge >= 0.3 is 0 Å². The van der Waals surface area contributed by atoms with Gasteiger partial charge in [0.05, 0.1) is 13.2 Å². The third-order valence-corrected chi connectivity index (χ3v) is 4.03. The summed E-state index contributed by atoms with van der Waals surface area (Å²) in [6.07, 6.45) is 3.03. The number of carbonyl (C=O) groups excluding carboxylic acids is 1. The molecule has 0 radical (unpaired) electrons. The van der Waals surface area contributed by atoms with Gasteiger partial charge < -0.3 is 10.1 Å². The predicted octanol–water partition coefficient (Wildman–Crippen LogP) is 0.657. The number of hydrogen-bond acceptors (Lipinski definition) is 3. The molecule has 5 heteroatoms. The number of amides is 1. The van der Waals surface area contributed by atoms with Crippen LogP contribution < -0.4 is 10.6 Å². The zero-order chi connectivity index (χ0) is 12.5. The number of hydrogen-bond donors (Lipinski definition) is 2. The van der Waals surface area contributed by atoms with Crippen molar-refractivity contribution in [1.82, 2.24) is 10.6 Å². The summed E-state index contributed by atoms with van der Waals surface area (Å²) in [4.78, 5) is 16.5. The average molecular weight is 239 g/mol. The van der Waals surface area contributed by atoms with Crippen LogP contribution in [0.5, 0.6) is 0 Å². The molecule has 1 aliphatic heterocycles. The van der Waals surface area contributed by atoms with Gasteiger partial charge in [-0.3, -0.25) is 15.1 Å². The molecule has 2 N–H and O–H groups in total. The van der Waals surface area contributed by atoms with Crippen LogP contribution in [0, 0.1) is 5.41 Å². The van der Waals surface area contributed by atoms with E-state index in [1.165, 1.54) is 0 Å². The fourth-order valence-electron chi connectivity index (χ4n) is 2.83. The summed E-state index contributed by atoms with van der Waals surface area (Å²) in [7, 11) is 1.64. The van der Waals surface area contributed by atoms with Crippen molar-refractivity contribution in [3.8, 4) is 0 Å². The monoisotopic (exact) mass is 239 g/mol. The predicted molar refractivity (Wildman–Crippen MR) is 65.8 cm³/mol. The Morgan fingerprint density at radius 2 is 2.18 bits per heavy atom. The Morgan fingerprint density at radius 1 is 1.41 bits per heavy atom. The average Bonchev–Trinajstić information content (AvgIpc) is 2.72. The zero-order valence-electron chi connectivity index (χ0n) is 10.8. The molecular formula is C12H21N3O2. The van der Waals surface area contributed by atoms with E-state index in [4.69, 9.17) is 4.74 Å². The van der Waals surface area contributed by atoms with Gasteiger partial charge in [-0.1, -0.05) is 13.8 Å². The van der Waals surface area contributed by atoms with Gasteiger partial charge in [-0.25, -0.2) is 0 Å². The molecule has 1 atom stereocenters. The number of methoxy groups -OCH3 is 1. The number of guanidine groups is 1. The summed E-state index contributed by atoms with van der Waals surface area (Å²) in [5.74, 6) is 0.665. The van der Waals surface area contributed by atoms with E-state index in [9.17, 15) is 4.79 Å². The minimum Gasteiger partial charge on any atom is -0.383 e. The molecule has 5 nitrogen and oxygen atoms in total. The van der Waals surface area contributed by atoms with E-state index >= 15 is 0 Å². The maximum Gasteiger partial charge on any atom is 0.252 e. The fourth-order valence-corrected chi connectivity index (χ4v) is 2.83. The quantitative estimate of drug-likeness (QED) is 0.711. The van der Waals surface area contributed by atoms with E-state index < -0.39 is 5.54 Å². The molecular weight excluding hydrogens is 218 g/mol. The molecule has 17 heavy (non-hydrogen) atoms. The van der Waals surface area contributed by atoms with Crippen LogP contribution in [0.4, 0.5) is 0 Å². The molecule has 1 spiro atoms. The number of rotatable bonds is 3. The van der Waals surface area contributed by atoms with Gasteiger partial charge in [0.25, 0.3) is 5.91 Å². The second-order valence-corrected chi connectivity index (χ2v) is 5.45. The fraction of sp³-hybridized carbons (Fsp3) is 0.833. The van der Waals surface area contributed by atoms with Gasteiger partial charge in [-0.15, -0.1) is 0 Å². The van der Waals surface area contributed by atoms with Crippen molar-refractivity contribution >= 4 is 11.9 Å². The maximum absolute atomic E-state index is 12.2. The van der Waals surface area contributed by atoms with Crippen LogP contribution in [0.1, 0.15) is 33.1 Å². The molecule has 2 aliphatic rings. The van der Waals surface area contributed by atoms with Gasteiger partial charge in [0, 0.05) is 7.11 Å². The highest BCUT2D eigenvalue weighted by molar-refractivity contribution is 6.09. The molecule has 1 saturated carbocycles. The van der Waals surface area contributed by atoms with Crippen molar-refractivity contribution in [2.75, 3.05) is 20.3 Å². The number of nitrogens with one attached hydrogen (secondary N) is 2. The first-order valence-corrected chi connectivity index (χ1v) is 6.15. The van der Waals surface area contributed by atoms with Crippen LogP contribution >= 0.6 is 0 Å². The molecule has 0 aromatic rings. The Balaban J connectivity index is 2.12. The van der Waals surface area contributed by atoms with E-state index in [1.807, 2.05) is 0 Å². The largest absolute Gasteiger partial charge is 0.383 e. The molecule has 1 saturated heterocycles. The summed E-state index contributed by atoms with van der Waals surface area (Å²) in [6, 6.07) is 0. The first-order chi connectivity index (χ1) is 8.02. The van der Waals surface area contributed by atoms with Crippen LogP contribution in [0.3, 0.4) is 0 Å². The summed E-state index contributed by atoms with van der Waals surface area (Å²) in [5.41, 5.74) is -0.478. The van der Waals surface area contributed by atoms with Crippen LogP contribution in [-0.4, -0.2) is 37.7 Å². The molecule has 0 bridgehead atoms. The third-order valence-electron chi connectivity index (χ3n) is 4.03. The lowest BCUT2D eigenvalue weighted by Crippen LogP contribution is -2.54. The number of carbonyl (C=O) groups is 1. The standard InChI is InChI=1S/C12H21N3O2/c1-11(2)5-4-6-12(11)9(16)14-10(15-12)13-7-8-17-3/h4-8H2,1-3H3,(H2,13,14,15,16). The van der Waals surface area contributed by atoms with Crippen LogP contribution in [0.2, 0.25) is 0 Å². The van der Waals surface area contributed by atoms with Crippen molar-refractivity contribution in [3.05, 3.63) is 0 Å². The van der Waals surface area contributed by atoms with Crippen molar-refractivity contribution in [1.29, 1.82) is 0 Å². The van der Waals surface area contributed by atoms with Crippen LogP contribution in [0.15, 0.2) is 4.99 Å². The molecule has 0 aromatic heterocycles. The lowest BCUT2D eigenvalue weighted by molar-refractivity contribution is -0.126. The van der Waals surface area contributed by atoms with Crippen molar-refractivity contribution in [2.24, 2.45) is 10.4 Å². The van der Waals surface area contributed by atoms with E-state index in [2.05, 4.69) is 29.5 Å². The number of nitrogens with zero attached hydrogens (tertiary/aromatic N) is 1. The molecule has 1 heterocycles. The lowest BCUT2D eigenvalue weighted by Gasteiger charge is -2.35. The van der Waals surface area contributed by atoms with Crippen molar-refractivity contribution < 1.29 is 9.53 Å². The van der Waals surface area contributed by atoms with E-state index in [0.29, 0.717) is 19.1 Å². The second-order valence-electron chi connectivity index (χ2n) is 5.45. The molecule has 1 amide bonds. The van der Waals surface area contributed by atoms with Gasteiger partial charge in [-0.05, 0) is 24.7 Å². The molecule has 0 aromatic carbocycles. The van der Waals surface area contributed by atoms with E-state index in [-0.39, 0.29) is 11.3 Å². The Hall–Kier alpha value is -1.10. The van der Waals surface area contributed by atoms with Gasteiger partial charge in [-0.2, -0.15) is 0 Å². The highest BCUT2D eigenvalue weighted by atomic mass is 16.5. The summed E-state index contributed by atoms with van der Waals surface area (Å²) < 4.78 is 4.94. The Labute approximate surface area is 102 Å². The topological polar surface area (TPSA) is 62.7 Å². The number of ether oxygens (including phenoxy) is 1. The highest BCUT2D eigenvalue weighted by Crippen LogP contribution is 2.47. The molecule has 2 fully saturated rings. The molecule has 96 valence electrons. The minimum atomic E-state index is -0.459. The van der Waals surface area contributed by atoms with Gasteiger partial charge in [0.1, 0.15) is 5.54 Å². The smallest absolute Gasteiger partial charge is 0.252 e. The van der Waals surface area contributed by atoms with Crippen molar-refractivity contribution in [2.45, 2.75) is 38.6 Å². The third kappa shape index (κ3) is 1.92. The normalized spacial score (nSPS) is 33.1. The number of aliphatic imine (C=N–C) groups is 1. The zero-order valence-corrected chi connectivity index (χ0v) is 10.8. The second kappa shape index (κ2) is 4.29. The summed E-state index contributed by atoms with van der Waals surface area (Å²) in [6.45, 7) is 5.42. The Morgan fingerprint density at radius 3 is 2.76 bits per heavy atom. The molecule has 2 rings (SSSR count). The summed E-state index contributed by atoms with van der Waals surface area (Å²) in [5, 5.41) is 6.14. The minimum absolute atomic E-state index is 0.0182. The van der Waals surface area contributed by atoms with E-state index in [1.54, 1.807) is 7.11 Å². The molecule has 1 aliphatic carbocycles. The van der Waals surface area contributed by atoms with Crippen LogP contribution in [-0.2, 0) is 9.53 Å². The lowest BCUT2D eigenvalue weighted by atomic mass is 9.75. The van der Waals surface area contributed by atoms with Crippen LogP contribution in [0.25, 0.3) is 0 Å². The maximum atomic E-state index is 12.2. The SMILES string of the molecule is COCCN=C1NC(=O)C2(CCCC2(C)C)N1. The summed E-state index contributed by atoms with van der Waals surface area (Å²) >= 11 is 0. The van der Waals surface area contributed by atoms with Gasteiger partial charge in [0.2, 0.25) is 0 Å². The van der Waals surface area contributed by atoms with Crippen molar-refractivity contribution in [3.63, 3.8) is 0 Å². The first-order valence-electron chi connectivity index (χ1n) is 6.15. The van der Waals surface area contributed by atoms with E-state index in [0.717, 1.165) is 19.3 Å². The molecule has 1 unspecified atom stereocenters. The highest BCUT2D eigenvalue weighted by Gasteiger charge is 2.58. The Kier molecular flexibility index (Phi) is 3.12. The van der Waals surface area contributed by atoms with Gasteiger partial charge in [0.15, 0.2) is 5.96 Å².